The van der Waals surface area contributed by atoms with Crippen molar-refractivity contribution in [1.82, 2.24) is 19.8 Å². The first kappa shape index (κ1) is 27.0. The summed E-state index contributed by atoms with van der Waals surface area (Å²) in [4.78, 5) is 28.0. The van der Waals surface area contributed by atoms with Gasteiger partial charge in [0.15, 0.2) is 0 Å². The van der Waals surface area contributed by atoms with Crippen LogP contribution in [0.1, 0.15) is 23.3 Å². The Kier molecular flexibility index (Phi) is 8.86. The third kappa shape index (κ3) is 6.32. The Hall–Kier alpha value is -2.63. The number of carbonyl (C=O) groups is 1. The van der Waals surface area contributed by atoms with Gasteiger partial charge in [0.05, 0.1) is 29.7 Å². The second-order valence-corrected chi connectivity index (χ2v) is 11.0. The summed E-state index contributed by atoms with van der Waals surface area (Å²) >= 11 is 7.52. The number of amides is 1. The number of anilines is 2. The van der Waals surface area contributed by atoms with Crippen LogP contribution in [0.4, 0.5) is 15.9 Å². The Bertz CT molecular complexity index is 1310. The number of rotatable bonds is 10. The summed E-state index contributed by atoms with van der Waals surface area (Å²) in [6.07, 6.45) is 8.28. The van der Waals surface area contributed by atoms with Gasteiger partial charge in [-0.3, -0.25) is 9.69 Å². The molecule has 1 fully saturated rings. The summed E-state index contributed by atoms with van der Waals surface area (Å²) in [7, 11) is 1.70. The number of nitrogens with zero attached hydrogens (tertiary/aromatic N) is 4. The summed E-state index contributed by atoms with van der Waals surface area (Å²) in [6.45, 7) is 4.93. The summed E-state index contributed by atoms with van der Waals surface area (Å²) in [5, 5.41) is 4.24. The van der Waals surface area contributed by atoms with Crippen molar-refractivity contribution in [3.63, 3.8) is 0 Å². The molecular weight excluding hydrogens is 529 g/mol. The Labute approximate surface area is 230 Å². The van der Waals surface area contributed by atoms with Crippen molar-refractivity contribution in [3.8, 4) is 0 Å². The second kappa shape index (κ2) is 12.5. The van der Waals surface area contributed by atoms with Gasteiger partial charge in [-0.1, -0.05) is 17.7 Å². The molecule has 3 aromatic rings. The third-order valence-corrected chi connectivity index (χ3v) is 8.27. The number of ether oxygens (including phenoxy) is 2. The monoisotopic (exact) mass is 559 g/mol. The lowest BCUT2D eigenvalue weighted by Crippen LogP contribution is -2.36. The van der Waals surface area contributed by atoms with Crippen LogP contribution >= 0.6 is 22.9 Å². The first-order valence-corrected chi connectivity index (χ1v) is 14.0. The molecule has 202 valence electrons. The van der Waals surface area contributed by atoms with Crippen molar-refractivity contribution >= 4 is 50.6 Å². The molecular formula is C27H31ClFN5O3S. The standard InChI is InChI=1S/C27H31ClFN5O3S/c1-36-13-11-33(15-19-4-3-12-37-19)9-2-5-24(35)34-10-8-20-23(16-34)38-27-25(20)26(30-17-31-27)32-18-6-7-22(29)21(28)14-18/h2,5-7,14,17,19H,3-4,8-13,15-16H2,1H3,(H,30,31,32)/b5-2+. The topological polar surface area (TPSA) is 79.8 Å². The van der Waals surface area contributed by atoms with Crippen molar-refractivity contribution in [2.24, 2.45) is 0 Å². The van der Waals surface area contributed by atoms with E-state index in [1.165, 1.54) is 18.5 Å². The zero-order chi connectivity index (χ0) is 26.5. The maximum atomic E-state index is 13.6. The molecule has 1 amide bonds. The van der Waals surface area contributed by atoms with E-state index in [2.05, 4.69) is 20.2 Å². The molecule has 1 unspecified atom stereocenters. The molecule has 8 nitrogen and oxygen atoms in total. The Morgan fingerprint density at radius 3 is 3.11 bits per heavy atom. The fraction of sp³-hybridized carbons (Fsp3) is 0.444. The number of benzene rings is 1. The molecule has 1 atom stereocenters. The Morgan fingerprint density at radius 1 is 1.42 bits per heavy atom. The van der Waals surface area contributed by atoms with Gasteiger partial charge in [-0.2, -0.15) is 0 Å². The maximum Gasteiger partial charge on any atom is 0.246 e. The van der Waals surface area contributed by atoms with Crippen LogP contribution in [-0.4, -0.2) is 78.3 Å². The number of thiophene rings is 1. The molecule has 0 spiro atoms. The van der Waals surface area contributed by atoms with E-state index in [4.69, 9.17) is 21.1 Å². The van der Waals surface area contributed by atoms with Crippen LogP contribution in [-0.2, 0) is 27.2 Å². The molecule has 2 aliphatic rings. The quantitative estimate of drug-likeness (QED) is 0.358. The van der Waals surface area contributed by atoms with E-state index in [9.17, 15) is 9.18 Å². The summed E-state index contributed by atoms with van der Waals surface area (Å²) in [6, 6.07) is 4.48. The number of carbonyl (C=O) groups excluding carboxylic acids is 1. The molecule has 1 saturated heterocycles. The van der Waals surface area contributed by atoms with E-state index in [1.54, 1.807) is 30.6 Å². The van der Waals surface area contributed by atoms with E-state index in [-0.39, 0.29) is 17.0 Å². The molecule has 0 bridgehead atoms. The molecule has 1 N–H and O–H groups in total. The van der Waals surface area contributed by atoms with Crippen LogP contribution < -0.4 is 5.32 Å². The molecule has 0 saturated carbocycles. The van der Waals surface area contributed by atoms with E-state index < -0.39 is 5.82 Å². The van der Waals surface area contributed by atoms with Crippen molar-refractivity contribution < 1.29 is 18.7 Å². The number of halogens is 2. The van der Waals surface area contributed by atoms with Gasteiger partial charge in [0.1, 0.15) is 22.8 Å². The minimum absolute atomic E-state index is 0.00213. The normalized spacial score (nSPS) is 17.6. The predicted molar refractivity (Wildman–Crippen MR) is 148 cm³/mol. The highest BCUT2D eigenvalue weighted by atomic mass is 35.5. The summed E-state index contributed by atoms with van der Waals surface area (Å²) in [5.41, 5.74) is 1.80. The van der Waals surface area contributed by atoms with Crippen LogP contribution in [0.2, 0.25) is 5.02 Å². The largest absolute Gasteiger partial charge is 0.383 e. The van der Waals surface area contributed by atoms with E-state index in [0.29, 0.717) is 44.2 Å². The minimum atomic E-state index is -0.470. The van der Waals surface area contributed by atoms with Crippen LogP contribution in [0.3, 0.4) is 0 Å². The van der Waals surface area contributed by atoms with Crippen molar-refractivity contribution in [1.29, 1.82) is 0 Å². The number of methoxy groups -OCH3 is 1. The van der Waals surface area contributed by atoms with Gasteiger partial charge in [0.25, 0.3) is 0 Å². The maximum absolute atomic E-state index is 13.6. The lowest BCUT2D eigenvalue weighted by molar-refractivity contribution is -0.126. The number of nitrogens with one attached hydrogen (secondary N) is 1. The van der Waals surface area contributed by atoms with E-state index in [0.717, 1.165) is 53.2 Å². The zero-order valence-corrected chi connectivity index (χ0v) is 22.9. The second-order valence-electron chi connectivity index (χ2n) is 9.46. The molecule has 11 heteroatoms. The first-order valence-electron chi connectivity index (χ1n) is 12.8. The first-order chi connectivity index (χ1) is 18.5. The van der Waals surface area contributed by atoms with Gasteiger partial charge in [-0.05, 0) is 43.0 Å². The van der Waals surface area contributed by atoms with E-state index >= 15 is 0 Å². The fourth-order valence-corrected chi connectivity index (χ4v) is 6.27. The average Bonchev–Trinajstić information content (AvgIpc) is 3.56. The molecule has 38 heavy (non-hydrogen) atoms. The fourth-order valence-electron chi connectivity index (χ4n) is 4.88. The molecule has 2 aromatic heterocycles. The van der Waals surface area contributed by atoms with Crippen LogP contribution in [0.25, 0.3) is 10.2 Å². The lowest BCUT2D eigenvalue weighted by Gasteiger charge is -2.26. The van der Waals surface area contributed by atoms with Gasteiger partial charge < -0.3 is 19.7 Å². The highest BCUT2D eigenvalue weighted by Gasteiger charge is 2.26. The minimum Gasteiger partial charge on any atom is -0.383 e. The van der Waals surface area contributed by atoms with Crippen LogP contribution in [0.15, 0.2) is 36.7 Å². The van der Waals surface area contributed by atoms with Gasteiger partial charge >= 0.3 is 0 Å². The highest BCUT2D eigenvalue weighted by molar-refractivity contribution is 7.19. The summed E-state index contributed by atoms with van der Waals surface area (Å²) in [5.74, 6) is 0.182. The Morgan fingerprint density at radius 2 is 2.32 bits per heavy atom. The van der Waals surface area contributed by atoms with Gasteiger partial charge in [-0.15, -0.1) is 11.3 Å². The number of hydrogen-bond donors (Lipinski definition) is 1. The van der Waals surface area contributed by atoms with Crippen LogP contribution in [0.5, 0.6) is 0 Å². The van der Waals surface area contributed by atoms with Crippen LogP contribution in [0, 0.1) is 5.82 Å². The number of fused-ring (bicyclic) bond motifs is 3. The molecule has 4 heterocycles. The van der Waals surface area contributed by atoms with Gasteiger partial charge in [0.2, 0.25) is 5.91 Å². The SMILES string of the molecule is COCCN(C/C=C/C(=O)N1CCc2c(sc3ncnc(Nc4ccc(F)c(Cl)c4)c23)C1)CC1CCCO1. The molecule has 0 radical (unpaired) electrons. The van der Waals surface area contributed by atoms with E-state index in [1.807, 2.05) is 11.0 Å². The van der Waals surface area contributed by atoms with Gasteiger partial charge in [-0.25, -0.2) is 14.4 Å². The molecule has 1 aromatic carbocycles. The predicted octanol–water partition coefficient (Wildman–Crippen LogP) is 4.80. The van der Waals surface area contributed by atoms with Crippen molar-refractivity contribution in [2.45, 2.75) is 31.9 Å². The highest BCUT2D eigenvalue weighted by Crippen LogP contribution is 2.38. The molecule has 5 rings (SSSR count). The van der Waals surface area contributed by atoms with Crippen molar-refractivity contribution in [2.75, 3.05) is 51.8 Å². The number of aromatic nitrogens is 2. The number of hydrogen-bond acceptors (Lipinski definition) is 8. The Balaban J connectivity index is 1.25. The van der Waals surface area contributed by atoms with Crippen molar-refractivity contribution in [3.05, 3.63) is 58.0 Å². The average molecular weight is 560 g/mol. The smallest absolute Gasteiger partial charge is 0.246 e. The third-order valence-electron chi connectivity index (χ3n) is 6.85. The van der Waals surface area contributed by atoms with Gasteiger partial charge in [0, 0.05) is 56.5 Å². The molecule has 0 aliphatic carbocycles. The lowest BCUT2D eigenvalue weighted by atomic mass is 10.0. The zero-order valence-electron chi connectivity index (χ0n) is 21.3. The molecule has 2 aliphatic heterocycles. The summed E-state index contributed by atoms with van der Waals surface area (Å²) < 4.78 is 24.6.